The van der Waals surface area contributed by atoms with Gasteiger partial charge in [-0.05, 0) is 44.6 Å². The summed E-state index contributed by atoms with van der Waals surface area (Å²) in [6, 6.07) is 1.24. The van der Waals surface area contributed by atoms with Gasteiger partial charge in [-0.1, -0.05) is 17.7 Å². The van der Waals surface area contributed by atoms with Crippen molar-refractivity contribution in [2.45, 2.75) is 44.6 Å². The number of nitrogens with one attached hydrogen (secondary N) is 1. The molecule has 1 aromatic carbocycles. The largest absolute Gasteiger partial charge is 0.464 e. The van der Waals surface area contributed by atoms with Crippen molar-refractivity contribution >= 4 is 40.7 Å². The molecule has 0 amide bonds. The summed E-state index contributed by atoms with van der Waals surface area (Å²) in [4.78, 5) is 38.5. The lowest BCUT2D eigenvalue weighted by Gasteiger charge is -2.34. The van der Waals surface area contributed by atoms with Gasteiger partial charge in [0.1, 0.15) is 12.3 Å². The van der Waals surface area contributed by atoms with Crippen molar-refractivity contribution in [3.05, 3.63) is 80.1 Å². The number of hydrogen-bond acceptors (Lipinski definition) is 10. The molecule has 9 nitrogen and oxygen atoms in total. The molecule has 5 rings (SSSR count). The van der Waals surface area contributed by atoms with E-state index in [0.29, 0.717) is 48.1 Å². The maximum absolute atomic E-state index is 14.6. The smallest absolute Gasteiger partial charge is 0.360 e. The summed E-state index contributed by atoms with van der Waals surface area (Å²) in [5.74, 6) is -2.85. The number of rotatable bonds is 7. The summed E-state index contributed by atoms with van der Waals surface area (Å²) in [6.07, 6.45) is 5.49. The molecular formula is C27H25ClF2N4O5S. The standard InChI is InChI=1S/C27H25ClF2N4O5S/c1-3-38-27(36)18-21(13-4-6-14(7-5-13)24-32-17(12-39-24)26(35)37-2)33-23(25-31-10-11-40-25)34-22(18)15-8-9-16(29)20(30)19(15)28/h8-14,22H,3-7H2,1-2H3,(H,33,34)/t13-,14-,22?. The molecule has 1 fully saturated rings. The number of esters is 2. The number of carbonyl (C=O) groups is 2. The molecule has 0 radical (unpaired) electrons. The predicted molar refractivity (Wildman–Crippen MR) is 142 cm³/mol. The number of nitrogens with zero attached hydrogens (tertiary/aromatic N) is 3. The van der Waals surface area contributed by atoms with E-state index in [2.05, 4.69) is 15.3 Å². The molecule has 0 bridgehead atoms. The lowest BCUT2D eigenvalue weighted by molar-refractivity contribution is -0.139. The Bertz CT molecular complexity index is 1480. The molecule has 2 aliphatic rings. The fraction of sp³-hybridized carbons (Fsp3) is 0.370. The molecule has 1 atom stereocenters. The van der Waals surface area contributed by atoms with Crippen LogP contribution in [-0.2, 0) is 14.3 Å². The SMILES string of the molecule is CCOC(=O)C1=C([C@H]2CC[C@H](c3nc(C(=O)OC)co3)CC2)NC(c2nccs2)=NC1c1ccc(F)c(F)c1Cl. The van der Waals surface area contributed by atoms with E-state index in [1.807, 2.05) is 0 Å². The molecule has 3 heterocycles. The molecule has 1 N–H and O–H groups in total. The molecule has 0 saturated heterocycles. The fourth-order valence-electron chi connectivity index (χ4n) is 5.05. The maximum Gasteiger partial charge on any atom is 0.360 e. The minimum absolute atomic E-state index is 0.0339. The third-order valence-electron chi connectivity index (χ3n) is 6.97. The summed E-state index contributed by atoms with van der Waals surface area (Å²) in [7, 11) is 1.28. The Hall–Kier alpha value is -3.64. The van der Waals surface area contributed by atoms with Crippen molar-refractivity contribution in [2.24, 2.45) is 10.9 Å². The highest BCUT2D eigenvalue weighted by atomic mass is 35.5. The summed E-state index contributed by atoms with van der Waals surface area (Å²) < 4.78 is 44.2. The van der Waals surface area contributed by atoms with E-state index in [1.165, 1.54) is 30.8 Å². The van der Waals surface area contributed by atoms with Gasteiger partial charge in [-0.15, -0.1) is 11.3 Å². The number of allylic oxidation sites excluding steroid dienone is 1. The van der Waals surface area contributed by atoms with E-state index in [0.717, 1.165) is 6.07 Å². The van der Waals surface area contributed by atoms with Crippen molar-refractivity contribution in [1.29, 1.82) is 0 Å². The van der Waals surface area contributed by atoms with Gasteiger partial charge in [0.15, 0.2) is 34.1 Å². The average molecular weight is 591 g/mol. The number of thiazole rings is 1. The van der Waals surface area contributed by atoms with Gasteiger partial charge in [0.25, 0.3) is 0 Å². The second-order valence-corrected chi connectivity index (χ2v) is 10.5. The van der Waals surface area contributed by atoms with Crippen LogP contribution in [0.2, 0.25) is 5.02 Å². The number of methoxy groups -OCH3 is 1. The number of benzene rings is 1. The predicted octanol–water partition coefficient (Wildman–Crippen LogP) is 5.73. The molecule has 13 heteroatoms. The topological polar surface area (TPSA) is 116 Å². The number of carbonyl (C=O) groups excluding carboxylic acids is 2. The summed E-state index contributed by atoms with van der Waals surface area (Å²) >= 11 is 7.60. The quantitative estimate of drug-likeness (QED) is 0.274. The Kier molecular flexibility index (Phi) is 8.27. The first-order valence-corrected chi connectivity index (χ1v) is 13.9. The summed E-state index contributed by atoms with van der Waals surface area (Å²) in [5, 5.41) is 5.20. The number of amidine groups is 1. The van der Waals surface area contributed by atoms with Gasteiger partial charge >= 0.3 is 11.9 Å². The first kappa shape index (κ1) is 27.9. The number of oxazole rings is 1. The highest BCUT2D eigenvalue weighted by molar-refractivity contribution is 7.11. The molecule has 0 spiro atoms. The molecule has 40 heavy (non-hydrogen) atoms. The van der Waals surface area contributed by atoms with E-state index in [9.17, 15) is 18.4 Å². The Morgan fingerprint density at radius 1 is 1.18 bits per heavy atom. The van der Waals surface area contributed by atoms with Gasteiger partial charge in [0.2, 0.25) is 0 Å². The van der Waals surface area contributed by atoms with Crippen molar-refractivity contribution in [1.82, 2.24) is 15.3 Å². The van der Waals surface area contributed by atoms with Crippen LogP contribution in [0.3, 0.4) is 0 Å². The molecule has 2 aromatic heterocycles. The highest BCUT2D eigenvalue weighted by Crippen LogP contribution is 2.44. The second-order valence-electron chi connectivity index (χ2n) is 9.27. The van der Waals surface area contributed by atoms with Crippen LogP contribution in [0.5, 0.6) is 0 Å². The van der Waals surface area contributed by atoms with E-state index in [1.54, 1.807) is 18.5 Å². The molecule has 1 aliphatic carbocycles. The third kappa shape index (κ3) is 5.37. The Morgan fingerprint density at radius 2 is 1.93 bits per heavy atom. The van der Waals surface area contributed by atoms with Crippen LogP contribution in [0.1, 0.15) is 71.5 Å². The van der Waals surface area contributed by atoms with Crippen molar-refractivity contribution in [3.8, 4) is 0 Å². The van der Waals surface area contributed by atoms with Gasteiger partial charge in [-0.2, -0.15) is 0 Å². The van der Waals surface area contributed by atoms with Crippen molar-refractivity contribution in [2.75, 3.05) is 13.7 Å². The van der Waals surface area contributed by atoms with Gasteiger partial charge in [0, 0.05) is 28.8 Å². The van der Waals surface area contributed by atoms with Gasteiger partial charge < -0.3 is 19.2 Å². The zero-order valence-corrected chi connectivity index (χ0v) is 23.2. The fourth-order valence-corrected chi connectivity index (χ4v) is 5.89. The molecular weight excluding hydrogens is 566 g/mol. The first-order valence-electron chi connectivity index (χ1n) is 12.6. The molecule has 3 aromatic rings. The van der Waals surface area contributed by atoms with Gasteiger partial charge in [-0.3, -0.25) is 4.99 Å². The van der Waals surface area contributed by atoms with Crippen LogP contribution in [0, 0.1) is 17.6 Å². The van der Waals surface area contributed by atoms with E-state index in [4.69, 9.17) is 30.5 Å². The normalized spacial score (nSPS) is 21.0. The number of ether oxygens (including phenoxy) is 2. The zero-order chi connectivity index (χ0) is 28.4. The van der Waals surface area contributed by atoms with Crippen LogP contribution < -0.4 is 5.32 Å². The number of aliphatic imine (C=N–C) groups is 1. The van der Waals surface area contributed by atoms with Gasteiger partial charge in [-0.25, -0.2) is 28.3 Å². The van der Waals surface area contributed by atoms with E-state index in [-0.39, 0.29) is 35.3 Å². The van der Waals surface area contributed by atoms with Crippen LogP contribution in [-0.4, -0.2) is 41.5 Å². The van der Waals surface area contributed by atoms with Gasteiger partial charge in [0.05, 0.1) is 24.3 Å². The van der Waals surface area contributed by atoms with Crippen LogP contribution in [0.15, 0.2) is 50.7 Å². The number of aromatic nitrogens is 2. The van der Waals surface area contributed by atoms with Crippen LogP contribution in [0.25, 0.3) is 0 Å². The van der Waals surface area contributed by atoms with E-state index >= 15 is 0 Å². The van der Waals surface area contributed by atoms with Crippen LogP contribution in [0.4, 0.5) is 8.78 Å². The average Bonchev–Trinajstić information content (AvgIpc) is 3.69. The van der Waals surface area contributed by atoms with Crippen molar-refractivity contribution in [3.63, 3.8) is 0 Å². The minimum atomic E-state index is -1.22. The minimum Gasteiger partial charge on any atom is -0.464 e. The lowest BCUT2D eigenvalue weighted by Crippen LogP contribution is -2.38. The molecule has 1 unspecified atom stereocenters. The Labute approximate surface area is 237 Å². The Balaban J connectivity index is 1.52. The monoisotopic (exact) mass is 590 g/mol. The molecule has 1 saturated carbocycles. The van der Waals surface area contributed by atoms with Crippen LogP contribution >= 0.6 is 22.9 Å². The lowest BCUT2D eigenvalue weighted by atomic mass is 9.78. The third-order valence-corrected chi connectivity index (χ3v) is 8.13. The highest BCUT2D eigenvalue weighted by Gasteiger charge is 2.39. The Morgan fingerprint density at radius 3 is 2.60 bits per heavy atom. The summed E-state index contributed by atoms with van der Waals surface area (Å²) in [6.45, 7) is 1.79. The number of halogens is 3. The number of hydrogen-bond donors (Lipinski definition) is 1. The zero-order valence-electron chi connectivity index (χ0n) is 21.6. The van der Waals surface area contributed by atoms with Crippen molar-refractivity contribution < 1.29 is 32.3 Å². The molecule has 210 valence electrons. The van der Waals surface area contributed by atoms with E-state index < -0.39 is 34.6 Å². The first-order chi connectivity index (χ1) is 19.3. The second kappa shape index (κ2) is 11.8. The summed E-state index contributed by atoms with van der Waals surface area (Å²) in [5.41, 5.74) is 1.00. The maximum atomic E-state index is 14.6. The molecule has 1 aliphatic heterocycles.